The number of rotatable bonds is 18. The quantitative estimate of drug-likeness (QED) is 0.194. The zero-order valence-electron chi connectivity index (χ0n) is 19.5. The molecule has 166 valence electrons. The lowest BCUT2D eigenvalue weighted by Gasteiger charge is -2.04. The molecule has 0 aliphatic rings. The Bertz CT molecular complexity index is 621. The number of para-hydroxylation sites is 1. The number of benzene rings is 1. The molecule has 0 saturated carbocycles. The van der Waals surface area contributed by atoms with E-state index in [0.29, 0.717) is 0 Å². The highest BCUT2D eigenvalue weighted by Gasteiger charge is 2.01. The summed E-state index contributed by atoms with van der Waals surface area (Å²) in [5.74, 6) is 0. The largest absolute Gasteiger partial charge is 0.330 e. The number of anilines is 1. The van der Waals surface area contributed by atoms with Crippen LogP contribution in [0.2, 0.25) is 0 Å². The molecule has 0 saturated heterocycles. The molecule has 2 heteroatoms. The summed E-state index contributed by atoms with van der Waals surface area (Å²) < 4.78 is 2.20. The van der Waals surface area contributed by atoms with Gasteiger partial charge >= 0.3 is 0 Å². The Morgan fingerprint density at radius 1 is 0.600 bits per heavy atom. The second-order valence-electron chi connectivity index (χ2n) is 8.77. The summed E-state index contributed by atoms with van der Waals surface area (Å²) in [5, 5.41) is 3.44. The number of nitrogens with zero attached hydrogens (tertiary/aromatic N) is 1. The van der Waals surface area contributed by atoms with E-state index >= 15 is 0 Å². The maximum Gasteiger partial charge on any atom is 0.221 e. The molecule has 0 spiro atoms. The predicted octanol–water partition coefficient (Wildman–Crippen LogP) is 8.07. The van der Waals surface area contributed by atoms with E-state index in [4.69, 9.17) is 0 Å². The summed E-state index contributed by atoms with van der Waals surface area (Å²) >= 11 is 0. The van der Waals surface area contributed by atoms with E-state index in [1.807, 2.05) is 6.07 Å². The third kappa shape index (κ3) is 12.0. The van der Waals surface area contributed by atoms with E-state index in [0.717, 1.165) is 12.4 Å². The summed E-state index contributed by atoms with van der Waals surface area (Å²) in [6.45, 7) is 3.10. The van der Waals surface area contributed by atoms with Crippen molar-refractivity contribution in [1.82, 2.24) is 0 Å². The van der Waals surface area contributed by atoms with E-state index in [1.165, 1.54) is 102 Å². The van der Waals surface area contributed by atoms with Gasteiger partial charge in [0, 0.05) is 17.8 Å². The first kappa shape index (κ1) is 24.4. The van der Waals surface area contributed by atoms with Crippen molar-refractivity contribution >= 4 is 5.69 Å². The molecule has 1 N–H and O–H groups in total. The molecule has 2 nitrogen and oxygen atoms in total. The predicted molar refractivity (Wildman–Crippen MR) is 131 cm³/mol. The topological polar surface area (TPSA) is 15.9 Å². The van der Waals surface area contributed by atoms with Gasteiger partial charge in [-0.1, -0.05) is 109 Å². The van der Waals surface area contributed by atoms with Crippen LogP contribution in [0.3, 0.4) is 0 Å². The first-order chi connectivity index (χ1) is 14.9. The van der Waals surface area contributed by atoms with Gasteiger partial charge in [-0.05, 0) is 30.5 Å². The molecular formula is C28H45N2+. The van der Waals surface area contributed by atoms with Crippen molar-refractivity contribution in [3.05, 3.63) is 60.4 Å². The molecule has 0 amide bonds. The summed E-state index contributed by atoms with van der Waals surface area (Å²) in [6, 6.07) is 14.9. The molecule has 0 atom stereocenters. The van der Waals surface area contributed by atoms with E-state index in [2.05, 4.69) is 65.6 Å². The minimum absolute atomic E-state index is 0.809. The van der Waals surface area contributed by atoms with Crippen LogP contribution in [0.15, 0.2) is 54.9 Å². The molecule has 2 aromatic rings. The fourth-order valence-corrected chi connectivity index (χ4v) is 4.02. The van der Waals surface area contributed by atoms with Crippen molar-refractivity contribution in [2.45, 2.75) is 110 Å². The Morgan fingerprint density at radius 3 is 1.63 bits per heavy atom. The van der Waals surface area contributed by atoms with Gasteiger partial charge in [-0.25, -0.2) is 0 Å². The van der Waals surface area contributed by atoms with Crippen molar-refractivity contribution in [3.63, 3.8) is 0 Å². The average molecular weight is 410 g/mol. The molecule has 2 rings (SSSR count). The standard InChI is InChI=1S/C28H45N2/c1-2-3-4-5-6-7-8-9-10-11-12-13-14-16-19-27-22-24-30(25-23-27)26-29-28-20-17-15-18-21-28/h15,17-18,20-25,29H,2-14,16,19,26H2,1H3/q+1. The van der Waals surface area contributed by atoms with Gasteiger partial charge in [0.2, 0.25) is 6.67 Å². The molecule has 1 aromatic heterocycles. The molecule has 0 unspecified atom stereocenters. The number of hydrogen-bond acceptors (Lipinski definition) is 1. The van der Waals surface area contributed by atoms with Crippen LogP contribution < -0.4 is 9.88 Å². The highest BCUT2D eigenvalue weighted by molar-refractivity contribution is 5.41. The summed E-state index contributed by atoms with van der Waals surface area (Å²) in [5.41, 5.74) is 2.63. The Kier molecular flexibility index (Phi) is 13.8. The third-order valence-electron chi connectivity index (χ3n) is 6.02. The molecule has 0 fully saturated rings. The molecule has 1 aromatic carbocycles. The molecule has 0 radical (unpaired) electrons. The van der Waals surface area contributed by atoms with Gasteiger partial charge in [0.1, 0.15) is 0 Å². The maximum atomic E-state index is 3.44. The van der Waals surface area contributed by atoms with Gasteiger partial charge in [0.15, 0.2) is 12.4 Å². The maximum absolute atomic E-state index is 3.44. The number of nitrogens with one attached hydrogen (secondary N) is 1. The second kappa shape index (κ2) is 16.9. The van der Waals surface area contributed by atoms with Crippen LogP contribution in [-0.4, -0.2) is 0 Å². The van der Waals surface area contributed by atoms with Gasteiger partial charge in [0.05, 0.1) is 0 Å². The molecule has 0 bridgehead atoms. The van der Waals surface area contributed by atoms with Gasteiger partial charge in [0.25, 0.3) is 0 Å². The molecule has 30 heavy (non-hydrogen) atoms. The highest BCUT2D eigenvalue weighted by Crippen LogP contribution is 2.13. The van der Waals surface area contributed by atoms with Crippen LogP contribution in [0, 0.1) is 0 Å². The van der Waals surface area contributed by atoms with Crippen molar-refractivity contribution in [2.75, 3.05) is 5.32 Å². The van der Waals surface area contributed by atoms with Crippen LogP contribution in [0.4, 0.5) is 5.69 Å². The van der Waals surface area contributed by atoms with Gasteiger partial charge < -0.3 is 5.32 Å². The monoisotopic (exact) mass is 409 g/mol. The second-order valence-corrected chi connectivity index (χ2v) is 8.77. The lowest BCUT2D eigenvalue weighted by molar-refractivity contribution is -0.691. The van der Waals surface area contributed by atoms with Crippen molar-refractivity contribution < 1.29 is 4.57 Å². The lowest BCUT2D eigenvalue weighted by Crippen LogP contribution is -2.36. The SMILES string of the molecule is CCCCCCCCCCCCCCCCc1cc[n+](CNc2ccccc2)cc1. The first-order valence-corrected chi connectivity index (χ1v) is 12.7. The van der Waals surface area contributed by atoms with Crippen molar-refractivity contribution in [2.24, 2.45) is 0 Å². The molecular weight excluding hydrogens is 364 g/mol. The van der Waals surface area contributed by atoms with Crippen LogP contribution >= 0.6 is 0 Å². The fraction of sp³-hybridized carbons (Fsp3) is 0.607. The highest BCUT2D eigenvalue weighted by atomic mass is 15.1. The van der Waals surface area contributed by atoms with Crippen molar-refractivity contribution in [3.8, 4) is 0 Å². The minimum atomic E-state index is 0.809. The Labute approximate surface area is 186 Å². The van der Waals surface area contributed by atoms with Crippen molar-refractivity contribution in [1.29, 1.82) is 0 Å². The zero-order chi connectivity index (χ0) is 21.1. The Morgan fingerprint density at radius 2 is 1.10 bits per heavy atom. The number of aryl methyl sites for hydroxylation is 1. The first-order valence-electron chi connectivity index (χ1n) is 12.7. The van der Waals surface area contributed by atoms with E-state index in [1.54, 1.807) is 0 Å². The van der Waals surface area contributed by atoms with Gasteiger partial charge in [-0.3, -0.25) is 0 Å². The Balaban J connectivity index is 1.40. The smallest absolute Gasteiger partial charge is 0.221 e. The average Bonchev–Trinajstić information content (AvgIpc) is 2.79. The van der Waals surface area contributed by atoms with E-state index in [-0.39, 0.29) is 0 Å². The third-order valence-corrected chi connectivity index (χ3v) is 6.02. The summed E-state index contributed by atoms with van der Waals surface area (Å²) in [4.78, 5) is 0. The zero-order valence-corrected chi connectivity index (χ0v) is 19.5. The van der Waals surface area contributed by atoms with Crippen LogP contribution in [-0.2, 0) is 13.1 Å². The summed E-state index contributed by atoms with van der Waals surface area (Å²) in [6.07, 6.45) is 25.5. The number of unbranched alkanes of at least 4 members (excludes halogenated alkanes) is 13. The van der Waals surface area contributed by atoms with Crippen LogP contribution in [0.25, 0.3) is 0 Å². The van der Waals surface area contributed by atoms with Gasteiger partial charge in [-0.15, -0.1) is 0 Å². The summed E-state index contributed by atoms with van der Waals surface area (Å²) in [7, 11) is 0. The fourth-order valence-electron chi connectivity index (χ4n) is 4.02. The lowest BCUT2D eigenvalue weighted by atomic mass is 10.0. The molecule has 0 aliphatic heterocycles. The van der Waals surface area contributed by atoms with E-state index < -0.39 is 0 Å². The van der Waals surface area contributed by atoms with Crippen LogP contribution in [0.1, 0.15) is 102 Å². The van der Waals surface area contributed by atoms with E-state index in [9.17, 15) is 0 Å². The molecule has 0 aliphatic carbocycles. The number of hydrogen-bond donors (Lipinski definition) is 1. The molecule has 1 heterocycles. The number of pyridine rings is 1. The van der Waals surface area contributed by atoms with Crippen LogP contribution in [0.5, 0.6) is 0 Å². The van der Waals surface area contributed by atoms with Gasteiger partial charge in [-0.2, -0.15) is 4.57 Å². The normalized spacial score (nSPS) is 11.0. The Hall–Kier alpha value is -1.83. The number of aromatic nitrogens is 1. The minimum Gasteiger partial charge on any atom is -0.330 e.